The minimum atomic E-state index is -2.05. The maximum absolute atomic E-state index is 14.9. The van der Waals surface area contributed by atoms with Crippen molar-refractivity contribution in [3.8, 4) is 0 Å². The van der Waals surface area contributed by atoms with Crippen LogP contribution in [0.3, 0.4) is 0 Å². The Labute approximate surface area is 184 Å². The van der Waals surface area contributed by atoms with Crippen LogP contribution in [0.15, 0.2) is 60.7 Å². The van der Waals surface area contributed by atoms with E-state index in [1.54, 1.807) is 36.4 Å². The quantitative estimate of drug-likeness (QED) is 0.369. The molecule has 0 radical (unpaired) electrons. The summed E-state index contributed by atoms with van der Waals surface area (Å²) in [6.07, 6.45) is -1.29. The molecule has 1 aliphatic rings. The number of rotatable bonds is 3. The van der Waals surface area contributed by atoms with Crippen molar-refractivity contribution in [1.82, 2.24) is 9.97 Å². The second kappa shape index (κ2) is 7.04. The maximum atomic E-state index is 14.9. The SMILES string of the molecule is O=C(O)Nc1nc2cc(C3(O)c4ccccc4C(=O)N3c3ccc(Cl)cc3F)ccc2[nH]1. The molecule has 1 atom stereocenters. The van der Waals surface area contributed by atoms with E-state index in [1.807, 2.05) is 0 Å². The standard InChI is InChI=1S/C22H14ClFN4O4/c23-12-6-8-18(15(24)10-12)28-19(29)13-3-1-2-4-14(13)22(28,32)11-5-7-16-17(9-11)26-20(25-16)27-21(30)31/h1-10,32H,(H,30,31)(H2,25,26,27). The molecular weight excluding hydrogens is 439 g/mol. The van der Waals surface area contributed by atoms with Crippen LogP contribution < -0.4 is 10.2 Å². The lowest BCUT2D eigenvalue weighted by Gasteiger charge is -2.35. The van der Waals surface area contributed by atoms with Crippen molar-refractivity contribution in [3.05, 3.63) is 88.2 Å². The van der Waals surface area contributed by atoms with E-state index in [2.05, 4.69) is 15.3 Å². The number of hydrogen-bond acceptors (Lipinski definition) is 4. The highest BCUT2D eigenvalue weighted by Crippen LogP contribution is 2.46. The molecule has 8 nitrogen and oxygen atoms in total. The van der Waals surface area contributed by atoms with Crippen molar-refractivity contribution in [1.29, 1.82) is 0 Å². The third-order valence-corrected chi connectivity index (χ3v) is 5.56. The Bertz CT molecular complexity index is 1420. The number of fused-ring (bicyclic) bond motifs is 2. The summed E-state index contributed by atoms with van der Waals surface area (Å²) in [5.41, 5.74) is -0.608. The lowest BCUT2D eigenvalue weighted by atomic mass is 9.93. The molecule has 2 heterocycles. The zero-order valence-corrected chi connectivity index (χ0v) is 16.9. The number of halogens is 2. The van der Waals surface area contributed by atoms with Gasteiger partial charge in [-0.15, -0.1) is 0 Å². The van der Waals surface area contributed by atoms with E-state index in [-0.39, 0.29) is 33.3 Å². The molecule has 0 saturated carbocycles. The summed E-state index contributed by atoms with van der Waals surface area (Å²) in [5, 5.41) is 23.1. The number of H-pyrrole nitrogens is 1. The number of anilines is 2. The number of hydrogen-bond donors (Lipinski definition) is 4. The first kappa shape index (κ1) is 20.0. The second-order valence-corrected chi connectivity index (χ2v) is 7.64. The van der Waals surface area contributed by atoms with E-state index in [4.69, 9.17) is 16.7 Å². The van der Waals surface area contributed by atoms with Gasteiger partial charge in [0.25, 0.3) is 5.91 Å². The number of imidazole rings is 1. The van der Waals surface area contributed by atoms with E-state index in [9.17, 15) is 19.1 Å². The number of carboxylic acid groups (broad SMARTS) is 1. The molecule has 32 heavy (non-hydrogen) atoms. The van der Waals surface area contributed by atoms with E-state index in [0.717, 1.165) is 11.0 Å². The Morgan fingerprint density at radius 2 is 1.94 bits per heavy atom. The van der Waals surface area contributed by atoms with Crippen LogP contribution in [0.25, 0.3) is 11.0 Å². The Balaban J connectivity index is 1.73. The Morgan fingerprint density at radius 1 is 1.16 bits per heavy atom. The number of carbonyl (C=O) groups is 2. The van der Waals surface area contributed by atoms with Gasteiger partial charge in [0.15, 0.2) is 5.72 Å². The second-order valence-electron chi connectivity index (χ2n) is 7.20. The molecule has 10 heteroatoms. The zero-order chi connectivity index (χ0) is 22.6. The Kier molecular flexibility index (Phi) is 4.40. The summed E-state index contributed by atoms with van der Waals surface area (Å²) in [7, 11) is 0. The molecule has 1 aromatic heterocycles. The molecule has 0 aliphatic carbocycles. The number of amides is 2. The lowest BCUT2D eigenvalue weighted by molar-refractivity contribution is 0.0699. The van der Waals surface area contributed by atoms with Gasteiger partial charge in [-0.25, -0.2) is 14.2 Å². The number of aromatic nitrogens is 2. The van der Waals surface area contributed by atoms with Crippen LogP contribution in [0.1, 0.15) is 21.5 Å². The number of aliphatic hydroxyl groups is 1. The first-order chi connectivity index (χ1) is 15.3. The number of aromatic amines is 1. The van der Waals surface area contributed by atoms with Crippen LogP contribution in [-0.4, -0.2) is 32.2 Å². The molecule has 1 unspecified atom stereocenters. The topological polar surface area (TPSA) is 119 Å². The normalized spacial score (nSPS) is 17.6. The minimum Gasteiger partial charge on any atom is -0.465 e. The van der Waals surface area contributed by atoms with Crippen molar-refractivity contribution >= 4 is 46.3 Å². The van der Waals surface area contributed by atoms with E-state index in [0.29, 0.717) is 11.0 Å². The Morgan fingerprint density at radius 3 is 2.69 bits per heavy atom. The van der Waals surface area contributed by atoms with Crippen LogP contribution in [0.2, 0.25) is 5.02 Å². The molecule has 4 N–H and O–H groups in total. The molecule has 5 rings (SSSR count). The summed E-state index contributed by atoms with van der Waals surface area (Å²) >= 11 is 5.88. The van der Waals surface area contributed by atoms with Crippen LogP contribution in [0.4, 0.5) is 20.8 Å². The molecule has 0 bridgehead atoms. The van der Waals surface area contributed by atoms with Crippen LogP contribution in [0, 0.1) is 5.82 Å². The molecule has 0 spiro atoms. The highest BCUT2D eigenvalue weighted by Gasteiger charge is 2.51. The van der Waals surface area contributed by atoms with Crippen molar-refractivity contribution in [2.45, 2.75) is 5.72 Å². The summed E-state index contributed by atoms with van der Waals surface area (Å²) in [6.45, 7) is 0. The average Bonchev–Trinajstić information content (AvgIpc) is 3.24. The van der Waals surface area contributed by atoms with E-state index < -0.39 is 23.5 Å². The number of nitrogens with zero attached hydrogens (tertiary/aromatic N) is 2. The van der Waals surface area contributed by atoms with Gasteiger partial charge in [0.1, 0.15) is 5.82 Å². The number of nitrogens with one attached hydrogen (secondary N) is 2. The largest absolute Gasteiger partial charge is 0.465 e. The molecule has 0 fully saturated rings. The van der Waals surface area contributed by atoms with Gasteiger partial charge in [-0.2, -0.15) is 0 Å². The highest BCUT2D eigenvalue weighted by atomic mass is 35.5. The van der Waals surface area contributed by atoms with Crippen molar-refractivity contribution < 1.29 is 24.2 Å². The average molecular weight is 453 g/mol. The summed E-state index contributed by atoms with van der Waals surface area (Å²) in [5.74, 6) is -1.36. The predicted molar refractivity (Wildman–Crippen MR) is 115 cm³/mol. The first-order valence-corrected chi connectivity index (χ1v) is 9.78. The van der Waals surface area contributed by atoms with Gasteiger partial charge < -0.3 is 15.2 Å². The molecule has 3 aromatic carbocycles. The molecule has 4 aromatic rings. The lowest BCUT2D eigenvalue weighted by Crippen LogP contribution is -2.45. The number of carbonyl (C=O) groups excluding carboxylic acids is 1. The van der Waals surface area contributed by atoms with Gasteiger partial charge in [-0.05, 0) is 36.4 Å². The summed E-state index contributed by atoms with van der Waals surface area (Å²) < 4.78 is 14.9. The number of benzene rings is 3. The fourth-order valence-electron chi connectivity index (χ4n) is 3.98. The fourth-order valence-corrected chi connectivity index (χ4v) is 4.13. The van der Waals surface area contributed by atoms with Gasteiger partial charge in [0, 0.05) is 21.7 Å². The van der Waals surface area contributed by atoms with Crippen molar-refractivity contribution in [2.75, 3.05) is 10.2 Å². The van der Waals surface area contributed by atoms with Gasteiger partial charge in [-0.3, -0.25) is 15.0 Å². The van der Waals surface area contributed by atoms with Gasteiger partial charge in [0.2, 0.25) is 5.95 Å². The van der Waals surface area contributed by atoms with Gasteiger partial charge >= 0.3 is 6.09 Å². The third kappa shape index (κ3) is 2.90. The zero-order valence-electron chi connectivity index (χ0n) is 16.1. The molecule has 1 aliphatic heterocycles. The fraction of sp³-hybridized carbons (Fsp3) is 0.0455. The highest BCUT2D eigenvalue weighted by molar-refractivity contribution is 6.30. The summed E-state index contributed by atoms with van der Waals surface area (Å²) in [4.78, 5) is 32.1. The summed E-state index contributed by atoms with van der Waals surface area (Å²) in [6, 6.07) is 14.9. The van der Waals surface area contributed by atoms with Gasteiger partial charge in [-0.1, -0.05) is 35.9 Å². The minimum absolute atomic E-state index is 0.000130. The third-order valence-electron chi connectivity index (χ3n) is 5.32. The monoisotopic (exact) mass is 452 g/mol. The van der Waals surface area contributed by atoms with Crippen LogP contribution in [-0.2, 0) is 5.72 Å². The molecule has 2 amide bonds. The molecular formula is C22H14ClFN4O4. The van der Waals surface area contributed by atoms with Crippen LogP contribution in [0.5, 0.6) is 0 Å². The van der Waals surface area contributed by atoms with Crippen molar-refractivity contribution in [3.63, 3.8) is 0 Å². The maximum Gasteiger partial charge on any atom is 0.411 e. The van der Waals surface area contributed by atoms with Gasteiger partial charge in [0.05, 0.1) is 16.7 Å². The molecule has 0 saturated heterocycles. The smallest absolute Gasteiger partial charge is 0.411 e. The van der Waals surface area contributed by atoms with E-state index >= 15 is 0 Å². The van der Waals surface area contributed by atoms with E-state index in [1.165, 1.54) is 18.2 Å². The predicted octanol–water partition coefficient (Wildman–Crippen LogP) is 4.30. The van der Waals surface area contributed by atoms with Crippen LogP contribution >= 0.6 is 11.6 Å². The molecule has 160 valence electrons. The van der Waals surface area contributed by atoms with Crippen molar-refractivity contribution in [2.24, 2.45) is 0 Å². The Hall–Kier alpha value is -3.95. The first-order valence-electron chi connectivity index (χ1n) is 9.40.